The van der Waals surface area contributed by atoms with Crippen LogP contribution in [-0.2, 0) is 0 Å². The lowest BCUT2D eigenvalue weighted by atomic mass is 9.94. The zero-order valence-corrected chi connectivity index (χ0v) is 9.27. The van der Waals surface area contributed by atoms with E-state index in [1.165, 1.54) is 24.3 Å². The molecule has 0 heterocycles. The maximum atomic E-state index is 11.8. The van der Waals surface area contributed by atoms with E-state index in [1.807, 2.05) is 0 Å². The largest absolute Gasteiger partial charge is 0.294 e. The number of ketones is 1. The minimum Gasteiger partial charge on any atom is -0.294 e. The number of non-ortho nitro benzene ring substituents is 1. The minimum atomic E-state index is -0.490. The van der Waals surface area contributed by atoms with Crippen molar-refractivity contribution in [3.05, 3.63) is 52.1 Å². The molecule has 0 N–H and O–H groups in total. The predicted molar refractivity (Wildman–Crippen MR) is 61.4 cm³/mol. The van der Waals surface area contributed by atoms with Gasteiger partial charge in [-0.05, 0) is 19.1 Å². The number of hydrogen-bond acceptors (Lipinski definition) is 3. The summed E-state index contributed by atoms with van der Waals surface area (Å²) in [5.74, 6) is -0.330. The smallest absolute Gasteiger partial charge is 0.269 e. The Labute approximate surface area is 93.7 Å². The van der Waals surface area contributed by atoms with Crippen LogP contribution in [0.15, 0.2) is 36.4 Å². The highest BCUT2D eigenvalue weighted by Gasteiger charge is 2.16. The van der Waals surface area contributed by atoms with Gasteiger partial charge in [-0.3, -0.25) is 14.9 Å². The van der Waals surface area contributed by atoms with Crippen LogP contribution in [0.5, 0.6) is 0 Å². The number of nitro groups is 1. The third kappa shape index (κ3) is 2.53. The molecule has 0 aromatic heterocycles. The monoisotopic (exact) mass is 219 g/mol. The van der Waals surface area contributed by atoms with Gasteiger partial charge in [0.2, 0.25) is 0 Å². The SMILES string of the molecule is C=C(C)[C@H](C)C(=O)c1ccc([N+](=O)[O-])cc1. The summed E-state index contributed by atoms with van der Waals surface area (Å²) in [6.45, 7) is 7.27. The van der Waals surface area contributed by atoms with Crippen LogP contribution in [-0.4, -0.2) is 10.7 Å². The highest BCUT2D eigenvalue weighted by atomic mass is 16.6. The molecule has 0 aliphatic carbocycles. The summed E-state index contributed by atoms with van der Waals surface area (Å²) < 4.78 is 0. The molecule has 4 nitrogen and oxygen atoms in total. The number of Topliss-reactive ketones (excluding diaryl/α,β-unsaturated/α-hetero) is 1. The Kier molecular flexibility index (Phi) is 3.55. The van der Waals surface area contributed by atoms with Crippen molar-refractivity contribution in [2.24, 2.45) is 5.92 Å². The van der Waals surface area contributed by atoms with Crippen molar-refractivity contribution in [1.29, 1.82) is 0 Å². The van der Waals surface area contributed by atoms with Crippen LogP contribution < -0.4 is 0 Å². The van der Waals surface area contributed by atoms with Gasteiger partial charge in [0.1, 0.15) is 0 Å². The summed E-state index contributed by atoms with van der Waals surface area (Å²) in [6, 6.07) is 5.61. The number of benzene rings is 1. The van der Waals surface area contributed by atoms with Gasteiger partial charge in [0.15, 0.2) is 5.78 Å². The molecule has 0 radical (unpaired) electrons. The van der Waals surface area contributed by atoms with Crippen LogP contribution in [0.25, 0.3) is 0 Å². The third-order valence-electron chi connectivity index (χ3n) is 2.50. The summed E-state index contributed by atoms with van der Waals surface area (Å²) in [5.41, 5.74) is 1.24. The molecule has 1 rings (SSSR count). The fourth-order valence-electron chi connectivity index (χ4n) is 1.22. The van der Waals surface area contributed by atoms with E-state index in [0.29, 0.717) is 5.56 Å². The molecule has 0 saturated carbocycles. The van der Waals surface area contributed by atoms with Crippen molar-refractivity contribution in [2.75, 3.05) is 0 Å². The average Bonchev–Trinajstić information content (AvgIpc) is 2.27. The minimum absolute atomic E-state index is 0.0143. The normalized spacial score (nSPS) is 11.9. The van der Waals surface area contributed by atoms with Gasteiger partial charge < -0.3 is 0 Å². The topological polar surface area (TPSA) is 60.2 Å². The number of rotatable bonds is 4. The van der Waals surface area contributed by atoms with Gasteiger partial charge in [0.05, 0.1) is 4.92 Å². The molecule has 0 aliphatic rings. The van der Waals surface area contributed by atoms with E-state index in [1.54, 1.807) is 13.8 Å². The van der Waals surface area contributed by atoms with Crippen molar-refractivity contribution >= 4 is 11.5 Å². The zero-order chi connectivity index (χ0) is 12.3. The zero-order valence-electron chi connectivity index (χ0n) is 9.27. The van der Waals surface area contributed by atoms with Crippen LogP contribution >= 0.6 is 0 Å². The first-order valence-corrected chi connectivity index (χ1v) is 4.87. The Morgan fingerprint density at radius 2 is 1.88 bits per heavy atom. The van der Waals surface area contributed by atoms with Gasteiger partial charge in [-0.2, -0.15) is 0 Å². The second kappa shape index (κ2) is 4.70. The van der Waals surface area contributed by atoms with Gasteiger partial charge >= 0.3 is 0 Å². The fraction of sp³-hybridized carbons (Fsp3) is 0.250. The quantitative estimate of drug-likeness (QED) is 0.338. The maximum Gasteiger partial charge on any atom is 0.269 e. The van der Waals surface area contributed by atoms with Crippen molar-refractivity contribution in [3.63, 3.8) is 0 Å². The van der Waals surface area contributed by atoms with Gasteiger partial charge in [0.25, 0.3) is 5.69 Å². The summed E-state index contributed by atoms with van der Waals surface area (Å²) in [7, 11) is 0. The second-order valence-corrected chi connectivity index (χ2v) is 3.74. The van der Waals surface area contributed by atoms with E-state index >= 15 is 0 Å². The summed E-state index contributed by atoms with van der Waals surface area (Å²) in [5, 5.41) is 10.4. The molecule has 0 bridgehead atoms. The number of nitrogens with zero attached hydrogens (tertiary/aromatic N) is 1. The first-order chi connectivity index (χ1) is 7.43. The van der Waals surface area contributed by atoms with E-state index in [4.69, 9.17) is 0 Å². The fourth-order valence-corrected chi connectivity index (χ4v) is 1.22. The number of nitro benzene ring substituents is 1. The molecule has 4 heteroatoms. The van der Waals surface area contributed by atoms with Gasteiger partial charge in [-0.25, -0.2) is 0 Å². The Morgan fingerprint density at radius 3 is 2.25 bits per heavy atom. The molecule has 0 fully saturated rings. The number of carbonyl (C=O) groups excluding carboxylic acids is 1. The van der Waals surface area contributed by atoms with Crippen LogP contribution in [0.2, 0.25) is 0 Å². The molecule has 0 spiro atoms. The standard InChI is InChI=1S/C12H13NO3/c1-8(2)9(3)12(14)10-4-6-11(7-5-10)13(15)16/h4-7,9H,1H2,2-3H3/t9-/m0/s1. The molecule has 1 aromatic carbocycles. The second-order valence-electron chi connectivity index (χ2n) is 3.74. The Bertz CT molecular complexity index is 434. The van der Waals surface area contributed by atoms with E-state index in [0.717, 1.165) is 5.57 Å². The number of allylic oxidation sites excluding steroid dienone is 1. The molecule has 0 aliphatic heterocycles. The molecule has 1 aromatic rings. The molecule has 1 atom stereocenters. The lowest BCUT2D eigenvalue weighted by molar-refractivity contribution is -0.384. The van der Waals surface area contributed by atoms with Crippen LogP contribution in [0.1, 0.15) is 24.2 Å². The number of carbonyl (C=O) groups is 1. The van der Waals surface area contributed by atoms with Crippen molar-refractivity contribution in [1.82, 2.24) is 0 Å². The first kappa shape index (κ1) is 12.1. The van der Waals surface area contributed by atoms with E-state index in [9.17, 15) is 14.9 Å². The van der Waals surface area contributed by atoms with Crippen molar-refractivity contribution in [3.8, 4) is 0 Å². The Morgan fingerprint density at radius 1 is 1.38 bits per heavy atom. The van der Waals surface area contributed by atoms with Gasteiger partial charge in [-0.1, -0.05) is 19.1 Å². The Balaban J connectivity index is 2.94. The van der Waals surface area contributed by atoms with E-state index in [2.05, 4.69) is 6.58 Å². The summed E-state index contributed by atoms with van der Waals surface area (Å²) >= 11 is 0. The lowest BCUT2D eigenvalue weighted by Crippen LogP contribution is -2.11. The average molecular weight is 219 g/mol. The molecule has 16 heavy (non-hydrogen) atoms. The van der Waals surface area contributed by atoms with Crippen LogP contribution in [0.4, 0.5) is 5.69 Å². The molecular weight excluding hydrogens is 206 g/mol. The Hall–Kier alpha value is -1.97. The van der Waals surface area contributed by atoms with E-state index in [-0.39, 0.29) is 17.4 Å². The molecule has 0 saturated heterocycles. The lowest BCUT2D eigenvalue weighted by Gasteiger charge is -2.09. The number of hydrogen-bond donors (Lipinski definition) is 0. The summed E-state index contributed by atoms with van der Waals surface area (Å²) in [6.07, 6.45) is 0. The van der Waals surface area contributed by atoms with Crippen LogP contribution in [0.3, 0.4) is 0 Å². The third-order valence-corrected chi connectivity index (χ3v) is 2.50. The van der Waals surface area contributed by atoms with Crippen molar-refractivity contribution < 1.29 is 9.72 Å². The van der Waals surface area contributed by atoms with E-state index < -0.39 is 4.92 Å². The molecule has 0 amide bonds. The van der Waals surface area contributed by atoms with Gasteiger partial charge in [-0.15, -0.1) is 0 Å². The van der Waals surface area contributed by atoms with Crippen molar-refractivity contribution in [2.45, 2.75) is 13.8 Å². The highest BCUT2D eigenvalue weighted by Crippen LogP contribution is 2.18. The highest BCUT2D eigenvalue weighted by molar-refractivity contribution is 5.99. The maximum absolute atomic E-state index is 11.8. The molecule has 84 valence electrons. The predicted octanol–water partition coefficient (Wildman–Crippen LogP) is 2.99. The first-order valence-electron chi connectivity index (χ1n) is 4.87. The molecule has 0 unspecified atom stereocenters. The molecular formula is C12H13NO3. The van der Waals surface area contributed by atoms with Crippen LogP contribution in [0, 0.1) is 16.0 Å². The summed E-state index contributed by atoms with van der Waals surface area (Å²) in [4.78, 5) is 21.8. The van der Waals surface area contributed by atoms with Gasteiger partial charge in [0, 0.05) is 23.6 Å².